The van der Waals surface area contributed by atoms with Crippen molar-refractivity contribution in [3.63, 3.8) is 0 Å². The summed E-state index contributed by atoms with van der Waals surface area (Å²) in [5, 5.41) is 12.8. The largest absolute Gasteiger partial charge is 0.469 e. The van der Waals surface area contributed by atoms with Crippen LogP contribution in [0.2, 0.25) is 0 Å². The smallest absolute Gasteiger partial charge is 0.310 e. The molecular weight excluding hydrogens is 687 g/mol. The Balaban J connectivity index is 0.000000241. The van der Waals surface area contributed by atoms with Crippen LogP contribution in [0.3, 0.4) is 0 Å². The van der Waals surface area contributed by atoms with Crippen LogP contribution in [0.5, 0.6) is 0 Å². The molecule has 0 aliphatic carbocycles. The van der Waals surface area contributed by atoms with Crippen molar-refractivity contribution in [1.82, 2.24) is 34.2 Å². The molecule has 7 rings (SSSR count). The van der Waals surface area contributed by atoms with E-state index in [1.165, 1.54) is 17.8 Å². The van der Waals surface area contributed by atoms with Gasteiger partial charge in [-0.05, 0) is 47.7 Å². The van der Waals surface area contributed by atoms with Crippen molar-refractivity contribution in [3.05, 3.63) is 106 Å². The Bertz CT molecular complexity index is 2240. The molecule has 0 fully saturated rings. The first-order valence-electron chi connectivity index (χ1n) is 13.3. The molecule has 0 atom stereocenters. The molecule has 0 aliphatic rings. The number of pyridine rings is 1. The van der Waals surface area contributed by atoms with Crippen LogP contribution in [-0.4, -0.2) is 53.5 Å². The number of nitrogens with zero attached hydrogens (tertiary/aromatic N) is 6. The SMILES string of the molecule is C#CC#CC.COC(=O)Cc1cccs1.Nc1c(C=O)cnc2ccnn12.O=c1[nH]c2c(cnc3ccnn32)cc1-c1cccs1.[CH3-].[V]. The molecule has 48 heavy (non-hydrogen) atoms. The Morgan fingerprint density at radius 1 is 1.06 bits per heavy atom. The van der Waals surface area contributed by atoms with E-state index in [0.717, 1.165) is 15.1 Å². The number of thiophene rings is 2. The second-order valence-corrected chi connectivity index (χ2v) is 10.8. The molecule has 0 unspecified atom stereocenters. The summed E-state index contributed by atoms with van der Waals surface area (Å²) >= 11 is 3.11. The number of H-pyrrole nitrogens is 1. The van der Waals surface area contributed by atoms with Gasteiger partial charge in [0.1, 0.15) is 11.5 Å². The van der Waals surface area contributed by atoms with Crippen LogP contribution >= 0.6 is 22.7 Å². The average Bonchev–Trinajstić information content (AvgIpc) is 3.90. The van der Waals surface area contributed by atoms with E-state index in [1.807, 2.05) is 41.1 Å². The normalized spacial score (nSPS) is 9.35. The van der Waals surface area contributed by atoms with Crippen molar-refractivity contribution in [1.29, 1.82) is 0 Å². The third-order valence-electron chi connectivity index (χ3n) is 5.94. The van der Waals surface area contributed by atoms with Gasteiger partial charge < -0.3 is 22.9 Å². The van der Waals surface area contributed by atoms with Crippen LogP contribution in [0.4, 0.5) is 5.82 Å². The molecule has 0 saturated carbocycles. The van der Waals surface area contributed by atoms with Crippen LogP contribution in [0.1, 0.15) is 22.2 Å². The predicted molar refractivity (Wildman–Crippen MR) is 186 cm³/mol. The number of nitrogen functional groups attached to an aromatic ring is 1. The van der Waals surface area contributed by atoms with Crippen molar-refractivity contribution in [3.8, 4) is 34.6 Å². The number of hydrogen-bond acceptors (Lipinski definition) is 11. The number of carbonyl (C=O) groups is 2. The summed E-state index contributed by atoms with van der Waals surface area (Å²) in [6.07, 6.45) is 12.2. The molecule has 0 saturated heterocycles. The van der Waals surface area contributed by atoms with Gasteiger partial charge in [0.2, 0.25) is 0 Å². The summed E-state index contributed by atoms with van der Waals surface area (Å²) in [4.78, 5) is 46.4. The van der Waals surface area contributed by atoms with Gasteiger partial charge in [-0.3, -0.25) is 14.4 Å². The minimum Gasteiger partial charge on any atom is -0.469 e. The second kappa shape index (κ2) is 19.2. The van der Waals surface area contributed by atoms with Crippen LogP contribution in [-0.2, 0) is 34.5 Å². The Labute approximate surface area is 295 Å². The zero-order valence-electron chi connectivity index (χ0n) is 26.0. The van der Waals surface area contributed by atoms with Crippen molar-refractivity contribution < 1.29 is 32.9 Å². The summed E-state index contributed by atoms with van der Waals surface area (Å²) in [5.41, 5.74) is 8.52. The van der Waals surface area contributed by atoms with Gasteiger partial charge in [-0.2, -0.15) is 19.2 Å². The number of aromatic nitrogens is 7. The summed E-state index contributed by atoms with van der Waals surface area (Å²) < 4.78 is 7.55. The van der Waals surface area contributed by atoms with Crippen molar-refractivity contribution in [2.24, 2.45) is 0 Å². The molecule has 7 heterocycles. The van der Waals surface area contributed by atoms with Gasteiger partial charge in [0.05, 0.1) is 37.1 Å². The number of nitrogens with one attached hydrogen (secondary N) is 1. The summed E-state index contributed by atoms with van der Waals surface area (Å²) in [5.74, 6) is 7.22. The van der Waals surface area contributed by atoms with Gasteiger partial charge in [-0.1, -0.05) is 18.1 Å². The average molecular weight is 717 g/mol. The topological polar surface area (TPSA) is 163 Å². The van der Waals surface area contributed by atoms with Crippen molar-refractivity contribution >= 4 is 63.1 Å². The maximum Gasteiger partial charge on any atom is 0.310 e. The first-order valence-corrected chi connectivity index (χ1v) is 15.1. The maximum atomic E-state index is 12.2. The first kappa shape index (κ1) is 38.7. The van der Waals surface area contributed by atoms with E-state index >= 15 is 0 Å². The number of carbonyl (C=O) groups excluding carboxylic acids is 2. The van der Waals surface area contributed by atoms with E-state index in [4.69, 9.17) is 12.2 Å². The molecule has 0 aliphatic heterocycles. The number of aromatic amines is 1. The van der Waals surface area contributed by atoms with Gasteiger partial charge >= 0.3 is 5.97 Å². The quantitative estimate of drug-likeness (QED) is 0.111. The van der Waals surface area contributed by atoms with Crippen LogP contribution in [0.25, 0.3) is 32.8 Å². The maximum absolute atomic E-state index is 12.2. The van der Waals surface area contributed by atoms with E-state index in [1.54, 1.807) is 64.8 Å². The van der Waals surface area contributed by atoms with Crippen LogP contribution in [0, 0.1) is 31.6 Å². The molecular formula is C33H29N8O4S2V-. The van der Waals surface area contributed by atoms with Gasteiger partial charge in [-0.25, -0.2) is 9.97 Å². The number of fused-ring (bicyclic) bond motifs is 4. The number of hydrogen-bond donors (Lipinski definition) is 2. The Hall–Kier alpha value is -5.51. The van der Waals surface area contributed by atoms with Gasteiger partial charge in [0.25, 0.3) is 5.56 Å². The zero-order chi connectivity index (χ0) is 32.9. The van der Waals surface area contributed by atoms with E-state index < -0.39 is 0 Å². The van der Waals surface area contributed by atoms with E-state index in [-0.39, 0.29) is 37.5 Å². The third kappa shape index (κ3) is 9.75. The van der Waals surface area contributed by atoms with Crippen LogP contribution < -0.4 is 11.3 Å². The molecule has 12 nitrogen and oxygen atoms in total. The van der Waals surface area contributed by atoms with Gasteiger partial charge in [0, 0.05) is 58.2 Å². The minimum atomic E-state index is -0.178. The molecule has 0 spiro atoms. The minimum absolute atomic E-state index is 0. The van der Waals surface area contributed by atoms with Crippen molar-refractivity contribution in [2.75, 3.05) is 12.8 Å². The fraction of sp³-hybridized carbons (Fsp3) is 0.0909. The third-order valence-corrected chi connectivity index (χ3v) is 7.72. The molecule has 1 radical (unpaired) electrons. The summed E-state index contributed by atoms with van der Waals surface area (Å²) in [6.45, 7) is 1.71. The number of aldehydes is 1. The van der Waals surface area contributed by atoms with E-state index in [0.29, 0.717) is 46.6 Å². The van der Waals surface area contributed by atoms with Gasteiger partial charge in [-0.15, -0.1) is 29.1 Å². The summed E-state index contributed by atoms with van der Waals surface area (Å²) in [6, 6.07) is 13.1. The van der Waals surface area contributed by atoms with E-state index in [2.05, 4.69) is 47.6 Å². The molecule has 243 valence electrons. The second-order valence-electron chi connectivity index (χ2n) is 8.82. The molecule has 7 aromatic heterocycles. The number of terminal acetylenes is 1. The number of methoxy groups -OCH3 is 1. The molecule has 7 aromatic rings. The summed E-state index contributed by atoms with van der Waals surface area (Å²) in [7, 11) is 1.40. The predicted octanol–water partition coefficient (Wildman–Crippen LogP) is 4.98. The first-order chi connectivity index (χ1) is 22.4. The van der Waals surface area contributed by atoms with Gasteiger partial charge in [0.15, 0.2) is 17.6 Å². The Morgan fingerprint density at radius 2 is 1.73 bits per heavy atom. The Morgan fingerprint density at radius 3 is 2.31 bits per heavy atom. The Kier molecular flexibility index (Phi) is 15.5. The number of esters is 1. The number of anilines is 1. The van der Waals surface area contributed by atoms with Crippen molar-refractivity contribution in [2.45, 2.75) is 13.3 Å². The number of nitrogens with two attached hydrogens (primary N) is 1. The molecule has 0 bridgehead atoms. The van der Waals surface area contributed by atoms with E-state index in [9.17, 15) is 14.4 Å². The molecule has 0 amide bonds. The monoisotopic (exact) mass is 716 g/mol. The number of ether oxygens (including phenoxy) is 1. The zero-order valence-corrected chi connectivity index (χ0v) is 29.1. The molecule has 3 N–H and O–H groups in total. The fourth-order valence-electron chi connectivity index (χ4n) is 3.82. The number of rotatable bonds is 4. The molecule has 0 aromatic carbocycles. The van der Waals surface area contributed by atoms with Crippen LogP contribution in [0.15, 0.2) is 82.8 Å². The molecule has 15 heteroatoms. The fourth-order valence-corrected chi connectivity index (χ4v) is 5.25. The standard InChI is InChI=1S/C13H8N4OS.C7H6N4O.C7H8O2S.C5H4.CH3.V/c18-13-9(10-2-1-5-19-10)6-8-7-14-11-3-4-15-17(11)12(8)16-13;8-7-5(4-12)3-9-6-1-2-10-11(6)7;1-9-7(8)5-6-3-2-4-10-6;1-3-5-4-2;;/h1-7H,(H,16,18);1-4H,8H2;2-4H,5H2,1H3;1H,2H3;1H3;/q;;;;-1;.